The van der Waals surface area contributed by atoms with Crippen molar-refractivity contribution >= 4 is 28.5 Å². The molecule has 3 rings (SSSR count). The Morgan fingerprint density at radius 2 is 1.92 bits per heavy atom. The highest BCUT2D eigenvalue weighted by molar-refractivity contribution is 7.11. The van der Waals surface area contributed by atoms with Crippen molar-refractivity contribution < 1.29 is 9.53 Å². The van der Waals surface area contributed by atoms with E-state index in [2.05, 4.69) is 28.5 Å². The first-order valence-corrected chi connectivity index (χ1v) is 9.10. The van der Waals surface area contributed by atoms with Crippen LogP contribution in [0.3, 0.4) is 0 Å². The van der Waals surface area contributed by atoms with Crippen molar-refractivity contribution in [1.29, 1.82) is 0 Å². The number of hydrogen-bond donors (Lipinski definition) is 0. The third kappa shape index (κ3) is 3.44. The van der Waals surface area contributed by atoms with E-state index in [0.29, 0.717) is 0 Å². The topological polar surface area (TPSA) is 46.8 Å². The molecule has 1 aromatic heterocycles. The number of carbonyl (C=O) groups excluding carboxylic acids is 1. The van der Waals surface area contributed by atoms with E-state index in [-0.39, 0.29) is 5.78 Å². The van der Waals surface area contributed by atoms with Gasteiger partial charge in [0.1, 0.15) is 0 Å². The predicted molar refractivity (Wildman–Crippen MR) is 97.4 cm³/mol. The molecular formula is C18H23N3O2S. The quantitative estimate of drug-likeness (QED) is 0.800. The van der Waals surface area contributed by atoms with E-state index in [0.717, 1.165) is 53.9 Å². The van der Waals surface area contributed by atoms with Crippen LogP contribution in [0.1, 0.15) is 29.2 Å². The summed E-state index contributed by atoms with van der Waals surface area (Å²) in [7, 11) is 0. The van der Waals surface area contributed by atoms with Gasteiger partial charge in [0, 0.05) is 37.9 Å². The van der Waals surface area contributed by atoms with Gasteiger partial charge in [-0.15, -0.1) is 0 Å². The van der Waals surface area contributed by atoms with Crippen molar-refractivity contribution in [2.24, 2.45) is 4.99 Å². The van der Waals surface area contributed by atoms with Crippen LogP contribution in [-0.4, -0.2) is 36.7 Å². The summed E-state index contributed by atoms with van der Waals surface area (Å²) in [4.78, 5) is 20.5. The third-order valence-electron chi connectivity index (χ3n) is 4.24. The molecule has 0 radical (unpaired) electrons. The molecule has 0 N–H and O–H groups in total. The fraction of sp³-hybridized carbons (Fsp3) is 0.444. The van der Waals surface area contributed by atoms with Gasteiger partial charge in [-0.3, -0.25) is 4.79 Å². The minimum absolute atomic E-state index is 0.101. The molecule has 24 heavy (non-hydrogen) atoms. The Balaban J connectivity index is 1.91. The van der Waals surface area contributed by atoms with Crippen LogP contribution in [0.5, 0.6) is 0 Å². The second-order valence-electron chi connectivity index (χ2n) is 5.83. The highest BCUT2D eigenvalue weighted by atomic mass is 32.1. The number of ether oxygens (including phenoxy) is 1. The van der Waals surface area contributed by atoms with Gasteiger partial charge >= 0.3 is 0 Å². The van der Waals surface area contributed by atoms with Gasteiger partial charge in [0.2, 0.25) is 0 Å². The first-order chi connectivity index (χ1) is 11.6. The first-order valence-electron chi connectivity index (χ1n) is 8.28. The number of nitrogens with zero attached hydrogens (tertiary/aromatic N) is 3. The Kier molecular flexibility index (Phi) is 5.16. The molecule has 0 aliphatic carbocycles. The lowest BCUT2D eigenvalue weighted by Gasteiger charge is -2.28. The molecule has 6 heteroatoms. The second kappa shape index (κ2) is 7.32. The van der Waals surface area contributed by atoms with Crippen LogP contribution < -0.4 is 9.70 Å². The molecule has 0 amide bonds. The predicted octanol–water partition coefficient (Wildman–Crippen LogP) is 3.15. The van der Waals surface area contributed by atoms with Crippen molar-refractivity contribution in [3.8, 4) is 0 Å². The molecule has 128 valence electrons. The van der Waals surface area contributed by atoms with E-state index >= 15 is 0 Å². The maximum Gasteiger partial charge on any atom is 0.190 e. The van der Waals surface area contributed by atoms with Crippen molar-refractivity contribution in [3.63, 3.8) is 0 Å². The lowest BCUT2D eigenvalue weighted by molar-refractivity contribution is 0.102. The summed E-state index contributed by atoms with van der Waals surface area (Å²) < 4.78 is 7.49. The second-order valence-corrected chi connectivity index (χ2v) is 6.80. The number of anilines is 1. The fourth-order valence-corrected chi connectivity index (χ4v) is 4.05. The van der Waals surface area contributed by atoms with E-state index < -0.39 is 0 Å². The Labute approximate surface area is 146 Å². The van der Waals surface area contributed by atoms with E-state index in [1.165, 1.54) is 17.0 Å². The van der Waals surface area contributed by atoms with Gasteiger partial charge in [-0.05, 0) is 38.1 Å². The zero-order valence-corrected chi connectivity index (χ0v) is 15.2. The summed E-state index contributed by atoms with van der Waals surface area (Å²) in [5.74, 6) is 0.101. The lowest BCUT2D eigenvalue weighted by Crippen LogP contribution is -2.36. The Morgan fingerprint density at radius 1 is 1.25 bits per heavy atom. The van der Waals surface area contributed by atoms with Crippen LogP contribution in [-0.2, 0) is 11.3 Å². The molecular weight excluding hydrogens is 322 g/mol. The molecule has 0 saturated carbocycles. The molecule has 1 aliphatic rings. The van der Waals surface area contributed by atoms with Crippen LogP contribution in [0, 0.1) is 6.92 Å². The normalized spacial score (nSPS) is 15.8. The van der Waals surface area contributed by atoms with E-state index in [1.807, 2.05) is 19.1 Å². The molecule has 1 aromatic carbocycles. The largest absolute Gasteiger partial charge is 0.378 e. The highest BCUT2D eigenvalue weighted by Crippen LogP contribution is 2.21. The van der Waals surface area contributed by atoms with Crippen molar-refractivity contribution in [3.05, 3.63) is 39.6 Å². The molecule has 0 atom stereocenters. The minimum atomic E-state index is 0.101. The molecule has 1 aliphatic heterocycles. The van der Waals surface area contributed by atoms with Crippen molar-refractivity contribution in [2.45, 2.75) is 27.3 Å². The molecule has 2 heterocycles. The van der Waals surface area contributed by atoms with E-state index in [9.17, 15) is 4.79 Å². The van der Waals surface area contributed by atoms with Gasteiger partial charge in [-0.25, -0.2) is 4.99 Å². The van der Waals surface area contributed by atoms with E-state index in [1.54, 1.807) is 6.92 Å². The zero-order valence-electron chi connectivity index (χ0n) is 14.4. The summed E-state index contributed by atoms with van der Waals surface area (Å²) in [5, 5.41) is 0. The van der Waals surface area contributed by atoms with Gasteiger partial charge < -0.3 is 14.2 Å². The van der Waals surface area contributed by atoms with Gasteiger partial charge in [-0.1, -0.05) is 11.3 Å². The van der Waals surface area contributed by atoms with Crippen LogP contribution in [0.25, 0.3) is 0 Å². The monoisotopic (exact) mass is 345 g/mol. The maximum atomic E-state index is 11.8. The summed E-state index contributed by atoms with van der Waals surface area (Å²) in [6.07, 6.45) is 0. The van der Waals surface area contributed by atoms with Gasteiger partial charge in [-0.2, -0.15) is 0 Å². The smallest absolute Gasteiger partial charge is 0.190 e. The highest BCUT2D eigenvalue weighted by Gasteiger charge is 2.13. The Hall–Kier alpha value is -1.92. The molecule has 0 unspecified atom stereocenters. The van der Waals surface area contributed by atoms with E-state index in [4.69, 9.17) is 9.73 Å². The minimum Gasteiger partial charge on any atom is -0.378 e. The average Bonchev–Trinajstić information content (AvgIpc) is 2.92. The number of Topliss-reactive ketones (excluding diaryl/α,β-unsaturated/α-hetero) is 1. The number of carbonyl (C=O) groups is 1. The van der Waals surface area contributed by atoms with Gasteiger partial charge in [0.25, 0.3) is 0 Å². The maximum absolute atomic E-state index is 11.8. The summed E-state index contributed by atoms with van der Waals surface area (Å²) >= 11 is 1.47. The van der Waals surface area contributed by atoms with Crippen LogP contribution in [0.2, 0.25) is 0 Å². The molecule has 5 nitrogen and oxygen atoms in total. The van der Waals surface area contributed by atoms with Gasteiger partial charge in [0.05, 0.1) is 23.8 Å². The molecule has 0 spiro atoms. The zero-order chi connectivity index (χ0) is 17.1. The Bertz CT molecular complexity index is 784. The third-order valence-corrected chi connectivity index (χ3v) is 5.53. The fourth-order valence-electron chi connectivity index (χ4n) is 2.94. The number of hydrogen-bond acceptors (Lipinski definition) is 5. The SMILES string of the molecule is CCn1c(C)c(C(C)=O)s/c1=N\c1ccc(N2CCOCC2)cc1. The van der Waals surface area contributed by atoms with Crippen molar-refractivity contribution in [1.82, 2.24) is 4.57 Å². The molecule has 1 saturated heterocycles. The van der Waals surface area contributed by atoms with Crippen LogP contribution >= 0.6 is 11.3 Å². The van der Waals surface area contributed by atoms with Crippen LogP contribution in [0.4, 0.5) is 11.4 Å². The number of aromatic nitrogens is 1. The number of ketones is 1. The number of benzene rings is 1. The van der Waals surface area contributed by atoms with Crippen LogP contribution in [0.15, 0.2) is 29.3 Å². The summed E-state index contributed by atoms with van der Waals surface area (Å²) in [6, 6.07) is 8.28. The number of rotatable bonds is 4. The summed E-state index contributed by atoms with van der Waals surface area (Å²) in [6.45, 7) is 9.90. The van der Waals surface area contributed by atoms with Crippen molar-refractivity contribution in [2.75, 3.05) is 31.2 Å². The Morgan fingerprint density at radius 3 is 2.50 bits per heavy atom. The lowest BCUT2D eigenvalue weighted by atomic mass is 10.2. The molecule has 2 aromatic rings. The number of morpholine rings is 1. The van der Waals surface area contributed by atoms with Gasteiger partial charge in [0.15, 0.2) is 10.6 Å². The summed E-state index contributed by atoms with van der Waals surface area (Å²) in [5.41, 5.74) is 3.11. The first kappa shape index (κ1) is 16.9. The molecule has 1 fully saturated rings. The average molecular weight is 345 g/mol. The standard InChI is InChI=1S/C18H23N3O2S/c1-4-21-13(2)17(14(3)22)24-18(21)19-15-5-7-16(8-6-15)20-9-11-23-12-10-20/h5-8H,4,9-12H2,1-3H3/b19-18-. The molecule has 0 bridgehead atoms. The number of thiazole rings is 1.